The van der Waals surface area contributed by atoms with Gasteiger partial charge in [0.1, 0.15) is 0 Å². The molecule has 27 heavy (non-hydrogen) atoms. The number of nitrogens with one attached hydrogen (secondary N) is 1. The second kappa shape index (κ2) is 7.82. The normalized spacial score (nSPS) is 16.0. The minimum absolute atomic E-state index is 0.0875. The van der Waals surface area contributed by atoms with Crippen LogP contribution in [0.1, 0.15) is 48.9 Å². The summed E-state index contributed by atoms with van der Waals surface area (Å²) >= 11 is 0. The zero-order valence-corrected chi connectivity index (χ0v) is 16.8. The standard InChI is InChI=1S/C21H26N2O3S/c1-4-20(17-8-7-15(2)16(3)14-17)22-27(25,26)19-11-9-18(10-12-19)23-13-5-6-21(23)24/h7-12,14,20,22H,4-6,13H2,1-3H3/t20-/m1/s1. The lowest BCUT2D eigenvalue weighted by Crippen LogP contribution is -2.28. The quantitative estimate of drug-likeness (QED) is 0.820. The molecule has 1 fully saturated rings. The molecule has 144 valence electrons. The largest absolute Gasteiger partial charge is 0.312 e. The van der Waals surface area contributed by atoms with Crippen LogP contribution in [0.25, 0.3) is 0 Å². The summed E-state index contributed by atoms with van der Waals surface area (Å²) in [5, 5.41) is 0. The van der Waals surface area contributed by atoms with E-state index in [2.05, 4.69) is 4.72 Å². The van der Waals surface area contributed by atoms with Crippen LogP contribution in [0.2, 0.25) is 0 Å². The molecular formula is C21H26N2O3S. The molecule has 0 aromatic heterocycles. The highest BCUT2D eigenvalue weighted by Crippen LogP contribution is 2.25. The number of rotatable bonds is 6. The fourth-order valence-corrected chi connectivity index (χ4v) is 4.66. The van der Waals surface area contributed by atoms with Crippen molar-refractivity contribution in [2.45, 2.75) is 51.0 Å². The highest BCUT2D eigenvalue weighted by molar-refractivity contribution is 7.89. The van der Waals surface area contributed by atoms with Crippen molar-refractivity contribution in [3.8, 4) is 0 Å². The molecule has 1 aliphatic rings. The first kappa shape index (κ1) is 19.6. The third-order valence-electron chi connectivity index (χ3n) is 5.17. The molecule has 1 amide bonds. The number of hydrogen-bond donors (Lipinski definition) is 1. The van der Waals surface area contributed by atoms with E-state index in [1.54, 1.807) is 29.2 Å². The number of aryl methyl sites for hydroxylation is 2. The van der Waals surface area contributed by atoms with Gasteiger partial charge in [-0.05, 0) is 67.6 Å². The lowest BCUT2D eigenvalue weighted by Gasteiger charge is -2.19. The Morgan fingerprint density at radius 2 is 1.78 bits per heavy atom. The molecule has 6 heteroatoms. The minimum atomic E-state index is -3.65. The van der Waals surface area contributed by atoms with E-state index in [1.165, 1.54) is 5.56 Å². The van der Waals surface area contributed by atoms with Gasteiger partial charge in [-0.25, -0.2) is 13.1 Å². The number of anilines is 1. The average molecular weight is 387 g/mol. The SMILES string of the molecule is CC[C@@H](NS(=O)(=O)c1ccc(N2CCCC2=O)cc1)c1ccc(C)c(C)c1. The number of amides is 1. The van der Waals surface area contributed by atoms with E-state index in [0.29, 0.717) is 19.4 Å². The Kier molecular flexibility index (Phi) is 5.67. The predicted octanol–water partition coefficient (Wildman–Crippen LogP) is 3.86. The Hall–Kier alpha value is -2.18. The molecule has 1 heterocycles. The van der Waals surface area contributed by atoms with Gasteiger partial charge in [0.05, 0.1) is 4.90 Å². The van der Waals surface area contributed by atoms with Crippen molar-refractivity contribution in [1.82, 2.24) is 4.72 Å². The minimum Gasteiger partial charge on any atom is -0.312 e. The van der Waals surface area contributed by atoms with Gasteiger partial charge in [-0.1, -0.05) is 25.1 Å². The zero-order chi connectivity index (χ0) is 19.6. The Labute approximate surface area is 161 Å². The van der Waals surface area contributed by atoms with Crippen LogP contribution >= 0.6 is 0 Å². The Balaban J connectivity index is 1.80. The molecule has 1 aliphatic heterocycles. The number of sulfonamides is 1. The molecule has 0 radical (unpaired) electrons. The van der Waals surface area contributed by atoms with Crippen LogP contribution in [0.4, 0.5) is 5.69 Å². The second-order valence-electron chi connectivity index (χ2n) is 7.07. The van der Waals surface area contributed by atoms with Gasteiger partial charge < -0.3 is 4.90 Å². The molecule has 0 spiro atoms. The summed E-state index contributed by atoms with van der Waals surface area (Å²) in [6.45, 7) is 6.72. The van der Waals surface area contributed by atoms with E-state index in [4.69, 9.17) is 0 Å². The van der Waals surface area contributed by atoms with Crippen LogP contribution in [-0.4, -0.2) is 20.9 Å². The second-order valence-corrected chi connectivity index (χ2v) is 8.78. The van der Waals surface area contributed by atoms with E-state index in [1.807, 2.05) is 39.0 Å². The lowest BCUT2D eigenvalue weighted by atomic mass is 10.0. The third-order valence-corrected chi connectivity index (χ3v) is 6.66. The molecule has 2 aromatic carbocycles. The third kappa shape index (κ3) is 4.22. The fourth-order valence-electron chi connectivity index (χ4n) is 3.35. The van der Waals surface area contributed by atoms with Crippen LogP contribution in [0.15, 0.2) is 47.4 Å². The summed E-state index contributed by atoms with van der Waals surface area (Å²) < 4.78 is 28.5. The van der Waals surface area contributed by atoms with Crippen molar-refractivity contribution < 1.29 is 13.2 Å². The van der Waals surface area contributed by atoms with Crippen molar-refractivity contribution in [2.24, 2.45) is 0 Å². The first-order valence-corrected chi connectivity index (χ1v) is 10.8. The summed E-state index contributed by atoms with van der Waals surface area (Å²) in [6, 6.07) is 12.3. The number of nitrogens with zero attached hydrogens (tertiary/aromatic N) is 1. The molecule has 2 aromatic rings. The molecule has 1 N–H and O–H groups in total. The van der Waals surface area contributed by atoms with Gasteiger partial charge in [0.2, 0.25) is 15.9 Å². The van der Waals surface area contributed by atoms with Crippen molar-refractivity contribution in [1.29, 1.82) is 0 Å². The molecule has 0 unspecified atom stereocenters. The summed E-state index contributed by atoms with van der Waals surface area (Å²) in [5.41, 5.74) is 4.04. The first-order valence-electron chi connectivity index (χ1n) is 9.31. The van der Waals surface area contributed by atoms with Gasteiger partial charge in [-0.3, -0.25) is 4.79 Å². The van der Waals surface area contributed by atoms with E-state index >= 15 is 0 Å². The van der Waals surface area contributed by atoms with Crippen LogP contribution in [-0.2, 0) is 14.8 Å². The number of benzene rings is 2. The topological polar surface area (TPSA) is 66.5 Å². The van der Waals surface area contributed by atoms with Crippen molar-refractivity contribution >= 4 is 21.6 Å². The molecule has 3 rings (SSSR count). The molecule has 0 saturated carbocycles. The van der Waals surface area contributed by atoms with E-state index in [0.717, 1.165) is 23.2 Å². The van der Waals surface area contributed by atoms with Crippen molar-refractivity contribution in [3.63, 3.8) is 0 Å². The van der Waals surface area contributed by atoms with E-state index in [9.17, 15) is 13.2 Å². The smallest absolute Gasteiger partial charge is 0.241 e. The maximum atomic E-state index is 12.8. The van der Waals surface area contributed by atoms with Crippen molar-refractivity contribution in [3.05, 3.63) is 59.2 Å². The maximum Gasteiger partial charge on any atom is 0.241 e. The van der Waals surface area contributed by atoms with Gasteiger partial charge >= 0.3 is 0 Å². The monoisotopic (exact) mass is 386 g/mol. The predicted molar refractivity (Wildman–Crippen MR) is 107 cm³/mol. The molecule has 0 aliphatic carbocycles. The number of hydrogen-bond acceptors (Lipinski definition) is 3. The Bertz CT molecular complexity index is 936. The van der Waals surface area contributed by atoms with Gasteiger partial charge in [0.15, 0.2) is 0 Å². The van der Waals surface area contributed by atoms with E-state index in [-0.39, 0.29) is 16.8 Å². The van der Waals surface area contributed by atoms with Gasteiger partial charge in [0.25, 0.3) is 0 Å². The van der Waals surface area contributed by atoms with Crippen molar-refractivity contribution in [2.75, 3.05) is 11.4 Å². The molecule has 1 saturated heterocycles. The fraction of sp³-hybridized carbons (Fsp3) is 0.381. The lowest BCUT2D eigenvalue weighted by molar-refractivity contribution is -0.117. The Morgan fingerprint density at radius 3 is 2.33 bits per heavy atom. The van der Waals surface area contributed by atoms with Gasteiger partial charge in [-0.2, -0.15) is 0 Å². The summed E-state index contributed by atoms with van der Waals surface area (Å²) in [4.78, 5) is 13.8. The zero-order valence-electron chi connectivity index (χ0n) is 16.0. The number of carbonyl (C=O) groups excluding carboxylic acids is 1. The molecular weight excluding hydrogens is 360 g/mol. The Morgan fingerprint density at radius 1 is 1.07 bits per heavy atom. The molecule has 5 nitrogen and oxygen atoms in total. The van der Waals surface area contributed by atoms with Crippen LogP contribution < -0.4 is 9.62 Å². The van der Waals surface area contributed by atoms with Crippen LogP contribution in [0.5, 0.6) is 0 Å². The summed E-state index contributed by atoms with van der Waals surface area (Å²) in [5.74, 6) is 0.0875. The first-order chi connectivity index (χ1) is 12.8. The molecule has 0 bridgehead atoms. The van der Waals surface area contributed by atoms with Gasteiger partial charge in [-0.15, -0.1) is 0 Å². The van der Waals surface area contributed by atoms with Crippen LogP contribution in [0.3, 0.4) is 0 Å². The van der Waals surface area contributed by atoms with Crippen LogP contribution in [0, 0.1) is 13.8 Å². The maximum absolute atomic E-state index is 12.8. The summed E-state index contributed by atoms with van der Waals surface area (Å²) in [6.07, 6.45) is 2.05. The summed E-state index contributed by atoms with van der Waals surface area (Å²) in [7, 11) is -3.65. The van der Waals surface area contributed by atoms with Gasteiger partial charge in [0, 0.05) is 24.7 Å². The number of carbonyl (C=O) groups is 1. The molecule has 1 atom stereocenters. The van der Waals surface area contributed by atoms with E-state index < -0.39 is 10.0 Å². The highest BCUT2D eigenvalue weighted by atomic mass is 32.2. The highest BCUT2D eigenvalue weighted by Gasteiger charge is 2.24. The average Bonchev–Trinajstić information content (AvgIpc) is 3.08.